The number of rotatable bonds is 0. The molecule has 0 saturated heterocycles. The van der Waals surface area contributed by atoms with Crippen LogP contribution in [0.5, 0.6) is 0 Å². The molecule has 0 saturated carbocycles. The second-order valence-corrected chi connectivity index (χ2v) is 0.307. The van der Waals surface area contributed by atoms with Gasteiger partial charge in [-0.05, 0) is 0 Å². The van der Waals surface area contributed by atoms with Crippen LogP contribution in [0.3, 0.4) is 0 Å². The summed E-state index contributed by atoms with van der Waals surface area (Å²) in [6.07, 6.45) is 0. The summed E-state index contributed by atoms with van der Waals surface area (Å²) < 4.78 is 0. The monoisotopic (exact) mass is 286 g/mol. The molecule has 0 fully saturated rings. The van der Waals surface area contributed by atoms with Gasteiger partial charge >= 0.3 is 59.1 Å². The van der Waals surface area contributed by atoms with Gasteiger partial charge in [0.25, 0.3) is 0 Å². The van der Waals surface area contributed by atoms with Crippen LogP contribution in [0, 0.1) is 0 Å². The van der Waals surface area contributed by atoms with Crippen LogP contribution in [-0.2, 0) is 0 Å². The van der Waals surface area contributed by atoms with Gasteiger partial charge < -0.3 is 69.8 Å². The molecule has 0 bridgehead atoms. The normalized spacial score (nSPS) is 1.69. The Labute approximate surface area is 135 Å². The van der Waals surface area contributed by atoms with Gasteiger partial charge in [0.15, 0.2) is 0 Å². The molecule has 0 heterocycles. The summed E-state index contributed by atoms with van der Waals surface area (Å²) in [4.78, 5) is 0. The van der Waals surface area contributed by atoms with Crippen molar-refractivity contribution in [3.8, 4) is 0 Å². The molecule has 0 atom stereocenters. The third kappa shape index (κ3) is 1380. The molecule has 104 valence electrons. The minimum atomic E-state index is -2.67. The molecule has 13 nitrogen and oxygen atoms in total. The van der Waals surface area contributed by atoms with E-state index in [1.807, 2.05) is 0 Å². The maximum absolute atomic E-state index is 8.53. The number of hydrogen-bond acceptors (Lipinski definition) is 3. The first-order chi connectivity index (χ1) is 1.73. The summed E-state index contributed by atoms with van der Waals surface area (Å²) in [6, 6.07) is 0. The van der Waals surface area contributed by atoms with Crippen molar-refractivity contribution < 1.29 is 129 Å². The van der Waals surface area contributed by atoms with E-state index in [4.69, 9.17) is 15.1 Å². The topological polar surface area (TPSA) is 381 Å². The summed E-state index contributed by atoms with van der Waals surface area (Å²) >= 11 is 0. The first-order valence-corrected chi connectivity index (χ1v) is 0.730. The minimum Gasteiger partial charge on any atom is -0.871 e. The number of hydrogen-bond donors (Lipinski definition) is 1. The fourth-order valence-electron chi connectivity index (χ4n) is 0. The van der Waals surface area contributed by atoms with Crippen molar-refractivity contribution in [3.05, 3.63) is 0 Å². The first kappa shape index (κ1) is 233. The largest absolute Gasteiger partial charge is 1.00 e. The Morgan fingerprint density at radius 2 is 0.500 bits per heavy atom. The van der Waals surface area contributed by atoms with Crippen molar-refractivity contribution in [2.75, 3.05) is 0 Å². The molecule has 0 aliphatic carbocycles. The zero-order valence-electron chi connectivity index (χ0n) is 8.84. The van der Waals surface area contributed by atoms with Gasteiger partial charge in [0.1, 0.15) is 0 Å². The van der Waals surface area contributed by atoms with Crippen LogP contribution < -0.4 is 69.2 Å². The maximum atomic E-state index is 8.53. The van der Waals surface area contributed by atoms with Crippen molar-refractivity contribution in [1.82, 2.24) is 0 Å². The molecule has 0 spiro atoms. The fraction of sp³-hybridized carbons (Fsp3) is 0. The van der Waals surface area contributed by atoms with E-state index in [0.29, 0.717) is 0 Å². The molecule has 0 unspecified atom stereocenters. The van der Waals surface area contributed by atoms with Crippen LogP contribution >= 0.6 is 0 Å². The van der Waals surface area contributed by atoms with Gasteiger partial charge in [0.2, 0.25) is 0 Å². The first-order valence-electron chi connectivity index (χ1n) is 0.730. The van der Waals surface area contributed by atoms with E-state index in [1.165, 1.54) is 0 Å². The van der Waals surface area contributed by atoms with E-state index in [2.05, 4.69) is 0 Å². The van der Waals surface area contributed by atoms with Crippen molar-refractivity contribution in [2.24, 2.45) is 0 Å². The molecule has 0 rings (SSSR count). The standard InChI is InChI=1S/BHO3.2Na.10H2O/c2-1(3)4;;;;;;;;;;;;/h2H;;;10*1H2/q-2;2*+1;;;;;;;;;;. The van der Waals surface area contributed by atoms with Crippen molar-refractivity contribution in [2.45, 2.75) is 0 Å². The van der Waals surface area contributed by atoms with Crippen LogP contribution in [0.15, 0.2) is 0 Å². The summed E-state index contributed by atoms with van der Waals surface area (Å²) in [5, 5.41) is 24.0. The van der Waals surface area contributed by atoms with E-state index in [0.717, 1.165) is 0 Å². The van der Waals surface area contributed by atoms with Gasteiger partial charge in [-0.25, -0.2) is 0 Å². The van der Waals surface area contributed by atoms with E-state index in [-0.39, 0.29) is 114 Å². The average molecular weight is 286 g/mol. The van der Waals surface area contributed by atoms with E-state index in [1.54, 1.807) is 0 Å². The van der Waals surface area contributed by atoms with Gasteiger partial charge in [0, 0.05) is 0 Å². The molecule has 21 N–H and O–H groups in total. The minimum absolute atomic E-state index is 0. The molecule has 0 aliphatic rings. The van der Waals surface area contributed by atoms with Crippen LogP contribution in [-0.4, -0.2) is 67.1 Å². The quantitative estimate of drug-likeness (QED) is 0.423. The zero-order chi connectivity index (χ0) is 3.58. The molecule has 0 aromatic rings. The Bertz CT molecular complexity index is 18.6. The predicted molar refractivity (Wildman–Crippen MR) is 44.1 cm³/mol. The van der Waals surface area contributed by atoms with Crippen molar-refractivity contribution in [1.29, 1.82) is 0 Å². The van der Waals surface area contributed by atoms with Crippen LogP contribution in [0.25, 0.3) is 0 Å². The van der Waals surface area contributed by atoms with E-state index in [9.17, 15) is 0 Å². The van der Waals surface area contributed by atoms with E-state index < -0.39 is 7.32 Å². The maximum Gasteiger partial charge on any atom is 1.00 e. The molecule has 16 heavy (non-hydrogen) atoms. The second kappa shape index (κ2) is 194. The molecule has 0 amide bonds. The Balaban J connectivity index is -0.000000000682. The van der Waals surface area contributed by atoms with Gasteiger partial charge in [-0.2, -0.15) is 0 Å². The van der Waals surface area contributed by atoms with Gasteiger partial charge in [-0.3, -0.25) is 0 Å². The zero-order valence-corrected chi connectivity index (χ0v) is 12.8. The molecule has 0 aliphatic heterocycles. The summed E-state index contributed by atoms with van der Waals surface area (Å²) in [7, 11) is -2.67. The molecular formula is H21BNa2O13. The molecule has 0 aromatic carbocycles. The molecule has 0 radical (unpaired) electrons. The van der Waals surface area contributed by atoms with Crippen LogP contribution in [0.4, 0.5) is 0 Å². The average Bonchev–Trinajstić information content (AvgIpc) is 0.811. The van der Waals surface area contributed by atoms with Crippen LogP contribution in [0.1, 0.15) is 0 Å². The molecule has 16 heteroatoms. The fourth-order valence-corrected chi connectivity index (χ4v) is 0. The van der Waals surface area contributed by atoms with Gasteiger partial charge in [0.05, 0.1) is 7.32 Å². The Morgan fingerprint density at radius 1 is 0.500 bits per heavy atom. The van der Waals surface area contributed by atoms with Crippen molar-refractivity contribution >= 4 is 7.32 Å². The van der Waals surface area contributed by atoms with Crippen molar-refractivity contribution in [3.63, 3.8) is 0 Å². The third-order valence-electron chi connectivity index (χ3n) is 0. The summed E-state index contributed by atoms with van der Waals surface area (Å²) in [5.74, 6) is 0. The van der Waals surface area contributed by atoms with Crippen LogP contribution in [0.2, 0.25) is 0 Å². The Hall–Kier alpha value is 1.54. The van der Waals surface area contributed by atoms with E-state index >= 15 is 0 Å². The Kier molecular flexibility index (Phi) is 2810. The summed E-state index contributed by atoms with van der Waals surface area (Å²) in [5.41, 5.74) is 0. The van der Waals surface area contributed by atoms with Gasteiger partial charge in [-0.15, -0.1) is 0 Å². The second-order valence-electron chi connectivity index (χ2n) is 0.307. The molecular weight excluding hydrogens is 265 g/mol. The summed E-state index contributed by atoms with van der Waals surface area (Å²) in [6.45, 7) is 0. The predicted octanol–water partition coefficient (Wildman–Crippen LogP) is -17.6. The molecule has 0 aromatic heterocycles. The van der Waals surface area contributed by atoms with Gasteiger partial charge in [-0.1, -0.05) is 0 Å². The third-order valence-corrected chi connectivity index (χ3v) is 0. The SMILES string of the molecule is O.O.O.O.O.O.O.O.O.O.[Na+].[Na+].[O-]B([O-])O. The Morgan fingerprint density at radius 3 is 0.500 bits per heavy atom. The smallest absolute Gasteiger partial charge is 0.871 e.